The van der Waals surface area contributed by atoms with Crippen LogP contribution in [-0.2, 0) is 9.59 Å². The van der Waals surface area contributed by atoms with Gasteiger partial charge in [-0.25, -0.2) is 9.97 Å². The lowest BCUT2D eigenvalue weighted by Gasteiger charge is -2.15. The molecule has 0 unspecified atom stereocenters. The molecule has 2 heterocycles. The van der Waals surface area contributed by atoms with Crippen LogP contribution in [0.2, 0.25) is 0 Å². The Labute approximate surface area is 135 Å². The number of thioether (sulfide) groups is 1. The number of likely N-dealkylation sites (tertiary alicyclic amines) is 1. The van der Waals surface area contributed by atoms with Crippen LogP contribution in [0.5, 0.6) is 0 Å². The summed E-state index contributed by atoms with van der Waals surface area (Å²) in [4.78, 5) is 34.0. The number of nitrogens with zero attached hydrogens (tertiary/aromatic N) is 3. The van der Waals surface area contributed by atoms with E-state index in [1.165, 1.54) is 11.8 Å². The van der Waals surface area contributed by atoms with Crippen molar-refractivity contribution in [3.8, 4) is 0 Å². The molecule has 7 heteroatoms. The third-order valence-electron chi connectivity index (χ3n) is 3.41. The Morgan fingerprint density at radius 2 is 1.86 bits per heavy atom. The summed E-state index contributed by atoms with van der Waals surface area (Å²) < 4.78 is 0. The van der Waals surface area contributed by atoms with Gasteiger partial charge in [0.05, 0.1) is 5.75 Å². The Morgan fingerprint density at radius 3 is 2.50 bits per heavy atom. The van der Waals surface area contributed by atoms with E-state index in [1.54, 1.807) is 0 Å². The topological polar surface area (TPSA) is 75.2 Å². The molecule has 1 aliphatic heterocycles. The van der Waals surface area contributed by atoms with Crippen LogP contribution in [0.3, 0.4) is 0 Å². The Morgan fingerprint density at radius 1 is 1.23 bits per heavy atom. The van der Waals surface area contributed by atoms with Crippen LogP contribution in [0.4, 0.5) is 0 Å². The van der Waals surface area contributed by atoms with Crippen molar-refractivity contribution in [1.82, 2.24) is 20.2 Å². The zero-order valence-corrected chi connectivity index (χ0v) is 13.9. The molecule has 0 radical (unpaired) electrons. The second-order valence-electron chi connectivity index (χ2n) is 5.41. The summed E-state index contributed by atoms with van der Waals surface area (Å²) in [5, 5.41) is 3.39. The van der Waals surface area contributed by atoms with E-state index < -0.39 is 0 Å². The van der Waals surface area contributed by atoms with Gasteiger partial charge in [-0.15, -0.1) is 0 Å². The van der Waals surface area contributed by atoms with E-state index in [1.807, 2.05) is 24.8 Å². The third kappa shape index (κ3) is 5.29. The minimum atomic E-state index is -0.0954. The van der Waals surface area contributed by atoms with Crippen molar-refractivity contribution in [1.29, 1.82) is 0 Å². The minimum Gasteiger partial charge on any atom is -0.355 e. The first-order valence-electron chi connectivity index (χ1n) is 7.54. The Balaban J connectivity index is 1.66. The molecule has 0 aromatic carbocycles. The van der Waals surface area contributed by atoms with E-state index >= 15 is 0 Å². The Hall–Kier alpha value is -1.63. The van der Waals surface area contributed by atoms with Gasteiger partial charge >= 0.3 is 0 Å². The lowest BCUT2D eigenvalue weighted by Crippen LogP contribution is -2.33. The van der Waals surface area contributed by atoms with Gasteiger partial charge in [0, 0.05) is 37.4 Å². The highest BCUT2D eigenvalue weighted by molar-refractivity contribution is 7.99. The van der Waals surface area contributed by atoms with E-state index in [4.69, 9.17) is 0 Å². The van der Waals surface area contributed by atoms with Gasteiger partial charge < -0.3 is 10.2 Å². The summed E-state index contributed by atoms with van der Waals surface area (Å²) in [5.74, 6) is 0.297. The summed E-state index contributed by atoms with van der Waals surface area (Å²) in [6, 6.07) is 1.90. The molecular formula is C15H22N4O2S. The van der Waals surface area contributed by atoms with E-state index in [0.29, 0.717) is 18.1 Å². The van der Waals surface area contributed by atoms with E-state index in [-0.39, 0.29) is 17.6 Å². The first kappa shape index (κ1) is 16.7. The molecule has 1 aromatic rings. The normalized spacial score (nSPS) is 14.2. The van der Waals surface area contributed by atoms with Crippen LogP contribution in [0.1, 0.15) is 30.7 Å². The average Bonchev–Trinajstić information content (AvgIpc) is 2.98. The number of rotatable bonds is 6. The summed E-state index contributed by atoms with van der Waals surface area (Å²) in [7, 11) is 0. The highest BCUT2D eigenvalue weighted by Crippen LogP contribution is 2.13. The van der Waals surface area contributed by atoms with Crippen molar-refractivity contribution in [2.75, 3.05) is 25.4 Å². The maximum Gasteiger partial charge on any atom is 0.230 e. The van der Waals surface area contributed by atoms with Crippen LogP contribution in [0.15, 0.2) is 11.2 Å². The molecule has 2 amide bonds. The van der Waals surface area contributed by atoms with E-state index in [0.717, 1.165) is 37.3 Å². The molecule has 1 aromatic heterocycles. The Bertz CT molecular complexity index is 524. The molecule has 0 saturated carbocycles. The van der Waals surface area contributed by atoms with Crippen LogP contribution in [0.25, 0.3) is 0 Å². The fourth-order valence-corrected chi connectivity index (χ4v) is 3.15. The molecule has 0 spiro atoms. The zero-order valence-electron chi connectivity index (χ0n) is 13.1. The van der Waals surface area contributed by atoms with Crippen molar-refractivity contribution in [2.45, 2.75) is 38.3 Å². The molecule has 0 atom stereocenters. The first-order valence-corrected chi connectivity index (χ1v) is 8.53. The number of carbonyl (C=O) groups excluding carboxylic acids is 2. The lowest BCUT2D eigenvalue weighted by molar-refractivity contribution is -0.130. The van der Waals surface area contributed by atoms with Crippen molar-refractivity contribution in [3.05, 3.63) is 17.5 Å². The van der Waals surface area contributed by atoms with Crippen molar-refractivity contribution < 1.29 is 9.59 Å². The monoisotopic (exact) mass is 322 g/mol. The van der Waals surface area contributed by atoms with E-state index in [2.05, 4.69) is 15.3 Å². The zero-order chi connectivity index (χ0) is 15.9. The van der Waals surface area contributed by atoms with Gasteiger partial charge in [-0.3, -0.25) is 9.59 Å². The number of hydrogen-bond donors (Lipinski definition) is 1. The molecule has 1 aliphatic rings. The van der Waals surface area contributed by atoms with Crippen LogP contribution in [0, 0.1) is 13.8 Å². The fourth-order valence-electron chi connectivity index (χ4n) is 2.37. The quantitative estimate of drug-likeness (QED) is 0.631. The summed E-state index contributed by atoms with van der Waals surface area (Å²) >= 11 is 1.31. The SMILES string of the molecule is Cc1cc(C)nc(SCC(=O)NCCC(=O)N2CCCC2)n1. The smallest absolute Gasteiger partial charge is 0.230 e. The van der Waals surface area contributed by atoms with Crippen LogP contribution < -0.4 is 5.32 Å². The molecule has 22 heavy (non-hydrogen) atoms. The molecule has 1 fully saturated rings. The first-order chi connectivity index (χ1) is 10.5. The average molecular weight is 322 g/mol. The number of carbonyl (C=O) groups is 2. The van der Waals surface area contributed by atoms with Gasteiger partial charge in [0.15, 0.2) is 5.16 Å². The summed E-state index contributed by atoms with van der Waals surface area (Å²) in [6.07, 6.45) is 2.55. The minimum absolute atomic E-state index is 0.0954. The van der Waals surface area contributed by atoms with Gasteiger partial charge in [0.2, 0.25) is 11.8 Å². The number of nitrogens with one attached hydrogen (secondary N) is 1. The molecule has 120 valence electrons. The lowest BCUT2D eigenvalue weighted by atomic mass is 10.3. The van der Waals surface area contributed by atoms with Crippen molar-refractivity contribution in [3.63, 3.8) is 0 Å². The highest BCUT2D eigenvalue weighted by atomic mass is 32.2. The van der Waals surface area contributed by atoms with Crippen LogP contribution in [-0.4, -0.2) is 52.1 Å². The highest BCUT2D eigenvalue weighted by Gasteiger charge is 2.17. The van der Waals surface area contributed by atoms with Gasteiger partial charge in [-0.05, 0) is 32.8 Å². The maximum absolute atomic E-state index is 11.8. The fraction of sp³-hybridized carbons (Fsp3) is 0.600. The second kappa shape index (κ2) is 8.12. The standard InChI is InChI=1S/C15H22N4O2S/c1-11-9-12(2)18-15(17-11)22-10-13(20)16-6-5-14(21)19-7-3-4-8-19/h9H,3-8,10H2,1-2H3,(H,16,20). The van der Waals surface area contributed by atoms with Gasteiger partial charge in [0.1, 0.15) is 0 Å². The largest absolute Gasteiger partial charge is 0.355 e. The van der Waals surface area contributed by atoms with Crippen LogP contribution >= 0.6 is 11.8 Å². The second-order valence-corrected chi connectivity index (χ2v) is 6.35. The molecule has 1 saturated heterocycles. The van der Waals surface area contributed by atoms with Crippen molar-refractivity contribution in [2.24, 2.45) is 0 Å². The van der Waals surface area contributed by atoms with Gasteiger partial charge in [0.25, 0.3) is 0 Å². The Kier molecular flexibility index (Phi) is 6.18. The number of aromatic nitrogens is 2. The number of amides is 2. The molecular weight excluding hydrogens is 300 g/mol. The van der Waals surface area contributed by atoms with Crippen molar-refractivity contribution >= 4 is 23.6 Å². The third-order valence-corrected chi connectivity index (χ3v) is 4.26. The summed E-state index contributed by atoms with van der Waals surface area (Å²) in [5.41, 5.74) is 1.79. The predicted octanol–water partition coefficient (Wildman–Crippen LogP) is 1.31. The van der Waals surface area contributed by atoms with Gasteiger partial charge in [-0.1, -0.05) is 11.8 Å². The number of aryl methyl sites for hydroxylation is 2. The molecule has 0 bridgehead atoms. The molecule has 1 N–H and O–H groups in total. The molecule has 2 rings (SSSR count). The van der Waals surface area contributed by atoms with E-state index in [9.17, 15) is 9.59 Å². The maximum atomic E-state index is 11.8. The van der Waals surface area contributed by atoms with Gasteiger partial charge in [-0.2, -0.15) is 0 Å². The number of hydrogen-bond acceptors (Lipinski definition) is 5. The predicted molar refractivity (Wildman–Crippen MR) is 85.7 cm³/mol. The summed E-state index contributed by atoms with van der Waals surface area (Å²) in [6.45, 7) is 5.91. The molecule has 6 nitrogen and oxygen atoms in total. The molecule has 0 aliphatic carbocycles.